The molecule has 2 rings (SSSR count). The number of Topliss-reactive ketones (excluding diaryl/α,β-unsaturated/α-hetero) is 1. The highest BCUT2D eigenvalue weighted by atomic mass is 32.1. The number of carbonyl (C=O) groups is 2. The summed E-state index contributed by atoms with van der Waals surface area (Å²) >= 11 is 1.31. The van der Waals surface area contributed by atoms with Gasteiger partial charge in [0.1, 0.15) is 0 Å². The summed E-state index contributed by atoms with van der Waals surface area (Å²) in [7, 11) is 0. The summed E-state index contributed by atoms with van der Waals surface area (Å²) in [5, 5.41) is 1.77. The van der Waals surface area contributed by atoms with E-state index >= 15 is 0 Å². The smallest absolute Gasteiger partial charge is 0.194 e. The van der Waals surface area contributed by atoms with E-state index in [0.29, 0.717) is 16.0 Å². The first-order chi connectivity index (χ1) is 7.70. The SMILES string of the molecule is CC(=O)c1sccc1C(=O)c1ccccc1. The van der Waals surface area contributed by atoms with Crippen LogP contribution in [0.5, 0.6) is 0 Å². The molecule has 0 aliphatic rings. The molecule has 0 bridgehead atoms. The van der Waals surface area contributed by atoms with Gasteiger partial charge in [-0.3, -0.25) is 9.59 Å². The number of benzene rings is 1. The minimum Gasteiger partial charge on any atom is -0.294 e. The lowest BCUT2D eigenvalue weighted by molar-refractivity contribution is 0.0994. The predicted octanol–water partition coefficient (Wildman–Crippen LogP) is 3.18. The second-order valence-corrected chi connectivity index (χ2v) is 4.33. The van der Waals surface area contributed by atoms with Crippen LogP contribution in [0, 0.1) is 0 Å². The van der Waals surface area contributed by atoms with E-state index in [9.17, 15) is 9.59 Å². The lowest BCUT2D eigenvalue weighted by Gasteiger charge is -2.00. The Kier molecular flexibility index (Phi) is 2.97. The largest absolute Gasteiger partial charge is 0.294 e. The molecular weight excluding hydrogens is 220 g/mol. The molecule has 1 heterocycles. The molecule has 3 heteroatoms. The first-order valence-corrected chi connectivity index (χ1v) is 5.76. The zero-order chi connectivity index (χ0) is 11.5. The lowest BCUT2D eigenvalue weighted by Crippen LogP contribution is -2.04. The summed E-state index contributed by atoms with van der Waals surface area (Å²) in [6.45, 7) is 1.48. The Morgan fingerprint density at radius 2 is 1.75 bits per heavy atom. The first-order valence-electron chi connectivity index (χ1n) is 4.88. The number of carbonyl (C=O) groups excluding carboxylic acids is 2. The zero-order valence-electron chi connectivity index (χ0n) is 8.77. The number of thiophene rings is 1. The molecule has 0 unspecified atom stereocenters. The molecule has 80 valence electrons. The van der Waals surface area contributed by atoms with E-state index in [2.05, 4.69) is 0 Å². The maximum atomic E-state index is 12.1. The van der Waals surface area contributed by atoms with Crippen LogP contribution >= 0.6 is 11.3 Å². The molecule has 0 saturated heterocycles. The van der Waals surface area contributed by atoms with Crippen LogP contribution in [0.1, 0.15) is 32.5 Å². The van der Waals surface area contributed by atoms with Crippen molar-refractivity contribution in [1.29, 1.82) is 0 Å². The minimum atomic E-state index is -0.0907. The molecule has 0 spiro atoms. The number of hydrogen-bond donors (Lipinski definition) is 0. The molecule has 1 aromatic carbocycles. The highest BCUT2D eigenvalue weighted by Gasteiger charge is 2.16. The normalized spacial score (nSPS) is 10.1. The second kappa shape index (κ2) is 4.41. The van der Waals surface area contributed by atoms with Gasteiger partial charge in [-0.2, -0.15) is 0 Å². The molecule has 2 aromatic rings. The number of ketones is 2. The van der Waals surface area contributed by atoms with Crippen LogP contribution in [-0.4, -0.2) is 11.6 Å². The summed E-state index contributed by atoms with van der Waals surface area (Å²) in [6.07, 6.45) is 0. The van der Waals surface area contributed by atoms with Gasteiger partial charge in [0.15, 0.2) is 11.6 Å². The van der Waals surface area contributed by atoms with Gasteiger partial charge >= 0.3 is 0 Å². The molecule has 0 aliphatic heterocycles. The lowest BCUT2D eigenvalue weighted by atomic mass is 10.0. The van der Waals surface area contributed by atoms with Gasteiger partial charge in [0.05, 0.1) is 4.88 Å². The van der Waals surface area contributed by atoms with Crippen LogP contribution in [0.25, 0.3) is 0 Å². The highest BCUT2D eigenvalue weighted by molar-refractivity contribution is 7.12. The van der Waals surface area contributed by atoms with Crippen molar-refractivity contribution in [2.24, 2.45) is 0 Å². The second-order valence-electron chi connectivity index (χ2n) is 3.41. The first kappa shape index (κ1) is 10.8. The van der Waals surface area contributed by atoms with E-state index in [0.717, 1.165) is 0 Å². The van der Waals surface area contributed by atoms with Crippen molar-refractivity contribution < 1.29 is 9.59 Å². The summed E-state index contributed by atoms with van der Waals surface area (Å²) in [5.41, 5.74) is 1.12. The minimum absolute atomic E-state index is 0.0609. The molecular formula is C13H10O2S. The van der Waals surface area contributed by atoms with Crippen molar-refractivity contribution in [3.63, 3.8) is 0 Å². The number of rotatable bonds is 3. The molecule has 0 amide bonds. The van der Waals surface area contributed by atoms with Gasteiger partial charge in [0.25, 0.3) is 0 Å². The Hall–Kier alpha value is -1.74. The van der Waals surface area contributed by atoms with E-state index in [1.165, 1.54) is 18.3 Å². The fourth-order valence-corrected chi connectivity index (χ4v) is 2.30. The standard InChI is InChI=1S/C13H10O2S/c1-9(14)13-11(7-8-16-13)12(15)10-5-3-2-4-6-10/h2-8H,1H3. The van der Waals surface area contributed by atoms with Gasteiger partial charge in [-0.05, 0) is 18.4 Å². The Morgan fingerprint density at radius 1 is 1.06 bits per heavy atom. The van der Waals surface area contributed by atoms with Crippen LogP contribution in [0.2, 0.25) is 0 Å². The molecule has 1 aromatic heterocycles. The Labute approximate surface area is 97.5 Å². The monoisotopic (exact) mass is 230 g/mol. The predicted molar refractivity (Wildman–Crippen MR) is 64.2 cm³/mol. The van der Waals surface area contributed by atoms with Crippen molar-refractivity contribution in [1.82, 2.24) is 0 Å². The van der Waals surface area contributed by atoms with Crippen LogP contribution < -0.4 is 0 Å². The topological polar surface area (TPSA) is 34.1 Å². The van der Waals surface area contributed by atoms with Crippen molar-refractivity contribution in [2.75, 3.05) is 0 Å². The average Bonchev–Trinajstić information content (AvgIpc) is 2.78. The van der Waals surface area contributed by atoms with E-state index < -0.39 is 0 Å². The van der Waals surface area contributed by atoms with Crippen LogP contribution in [0.4, 0.5) is 0 Å². The fourth-order valence-electron chi connectivity index (χ4n) is 1.51. The summed E-state index contributed by atoms with van der Waals surface area (Å²) in [6, 6.07) is 10.7. The van der Waals surface area contributed by atoms with E-state index in [1.807, 2.05) is 18.2 Å². The third kappa shape index (κ3) is 1.95. The van der Waals surface area contributed by atoms with Gasteiger partial charge in [-0.15, -0.1) is 11.3 Å². The summed E-state index contributed by atoms with van der Waals surface area (Å²) in [4.78, 5) is 23.9. The van der Waals surface area contributed by atoms with Gasteiger partial charge in [0, 0.05) is 11.1 Å². The molecule has 0 atom stereocenters. The van der Waals surface area contributed by atoms with E-state index in [1.54, 1.807) is 23.6 Å². The third-order valence-corrected chi connectivity index (χ3v) is 3.28. The molecule has 16 heavy (non-hydrogen) atoms. The summed E-state index contributed by atoms with van der Waals surface area (Å²) < 4.78 is 0. The number of hydrogen-bond acceptors (Lipinski definition) is 3. The van der Waals surface area contributed by atoms with Crippen molar-refractivity contribution >= 4 is 22.9 Å². The fraction of sp³-hybridized carbons (Fsp3) is 0.0769. The molecule has 0 radical (unpaired) electrons. The van der Waals surface area contributed by atoms with Crippen molar-refractivity contribution in [2.45, 2.75) is 6.92 Å². The Morgan fingerprint density at radius 3 is 2.38 bits per heavy atom. The van der Waals surface area contributed by atoms with Gasteiger partial charge < -0.3 is 0 Å². The zero-order valence-corrected chi connectivity index (χ0v) is 9.58. The molecule has 0 N–H and O–H groups in total. The van der Waals surface area contributed by atoms with Crippen LogP contribution in [0.15, 0.2) is 41.8 Å². The molecule has 0 fully saturated rings. The Balaban J connectivity index is 2.42. The van der Waals surface area contributed by atoms with Gasteiger partial charge in [0.2, 0.25) is 0 Å². The highest BCUT2D eigenvalue weighted by Crippen LogP contribution is 2.20. The van der Waals surface area contributed by atoms with Gasteiger partial charge in [-0.25, -0.2) is 0 Å². The van der Waals surface area contributed by atoms with E-state index in [-0.39, 0.29) is 11.6 Å². The van der Waals surface area contributed by atoms with Crippen LogP contribution in [-0.2, 0) is 0 Å². The van der Waals surface area contributed by atoms with Crippen molar-refractivity contribution in [3.05, 3.63) is 57.8 Å². The maximum absolute atomic E-state index is 12.1. The average molecular weight is 230 g/mol. The van der Waals surface area contributed by atoms with Crippen LogP contribution in [0.3, 0.4) is 0 Å². The maximum Gasteiger partial charge on any atom is 0.194 e. The van der Waals surface area contributed by atoms with E-state index in [4.69, 9.17) is 0 Å². The Bertz CT molecular complexity index is 526. The third-order valence-electron chi connectivity index (χ3n) is 2.27. The van der Waals surface area contributed by atoms with Crippen molar-refractivity contribution in [3.8, 4) is 0 Å². The summed E-state index contributed by atoms with van der Waals surface area (Å²) in [5.74, 6) is -0.152. The molecule has 0 saturated carbocycles. The quantitative estimate of drug-likeness (QED) is 0.759. The molecule has 2 nitrogen and oxygen atoms in total. The molecule has 0 aliphatic carbocycles. The van der Waals surface area contributed by atoms with Gasteiger partial charge in [-0.1, -0.05) is 30.3 Å².